The molecule has 0 spiro atoms. The van der Waals surface area contributed by atoms with Crippen molar-refractivity contribution >= 4 is 28.5 Å². The Labute approximate surface area is 94.5 Å². The van der Waals surface area contributed by atoms with Gasteiger partial charge in [0.15, 0.2) is 0 Å². The van der Waals surface area contributed by atoms with Crippen LogP contribution in [0, 0.1) is 0 Å². The maximum atomic E-state index is 3.43. The van der Waals surface area contributed by atoms with Gasteiger partial charge in [-0.05, 0) is 17.4 Å². The topological polar surface area (TPSA) is 12.0 Å². The summed E-state index contributed by atoms with van der Waals surface area (Å²) >= 11 is 0. The van der Waals surface area contributed by atoms with Gasteiger partial charge in [-0.1, -0.05) is 56.7 Å². The minimum absolute atomic E-state index is 0.765. The van der Waals surface area contributed by atoms with Gasteiger partial charge in [-0.3, -0.25) is 0 Å². The Kier molecular flexibility index (Phi) is 3.95. The van der Waals surface area contributed by atoms with Crippen LogP contribution in [-0.2, 0) is 0 Å². The predicted molar refractivity (Wildman–Crippen MR) is 70.2 cm³/mol. The molecule has 1 N–H and O–H groups in total. The number of nitrogens with one attached hydrogen (secondary N) is 1. The molecular weight excluding hydrogens is 217 g/mol. The van der Waals surface area contributed by atoms with Crippen LogP contribution in [-0.4, -0.2) is 9.35 Å². The molecule has 0 aromatic heterocycles. The third-order valence-electron chi connectivity index (χ3n) is 1.96. The van der Waals surface area contributed by atoms with Crippen LogP contribution in [0.3, 0.4) is 0 Å². The number of rotatable bonds is 4. The van der Waals surface area contributed by atoms with Gasteiger partial charge in [0.25, 0.3) is 0 Å². The fourth-order valence-electron chi connectivity index (χ4n) is 1.22. The van der Waals surface area contributed by atoms with E-state index in [0.717, 1.165) is 17.5 Å². The third kappa shape index (κ3) is 3.50. The largest absolute Gasteiger partial charge is 0.408 e. The van der Waals surface area contributed by atoms with Gasteiger partial charge in [-0.15, -0.1) is 0 Å². The van der Waals surface area contributed by atoms with Crippen molar-refractivity contribution in [1.82, 2.24) is 0 Å². The minimum atomic E-state index is 0.765. The lowest BCUT2D eigenvalue weighted by Crippen LogP contribution is -2.05. The fourth-order valence-corrected chi connectivity index (χ4v) is 3.65. The standard InChI is InChI=1S/C12H12NPSi/c1-3-7-11(8-4-1)13-15-14-12-9-5-2-6-10-12/h1-10,13-14H. The Morgan fingerprint density at radius 2 is 1.40 bits per heavy atom. The highest BCUT2D eigenvalue weighted by Crippen LogP contribution is 2.10. The van der Waals surface area contributed by atoms with Gasteiger partial charge in [0.05, 0.1) is 0 Å². The summed E-state index contributed by atoms with van der Waals surface area (Å²) in [5.74, 6) is 0. The van der Waals surface area contributed by atoms with Gasteiger partial charge in [-0.2, -0.15) is 0 Å². The normalized spacial score (nSPS) is 10.7. The molecule has 15 heavy (non-hydrogen) atoms. The maximum Gasteiger partial charge on any atom is 0.215 e. The van der Waals surface area contributed by atoms with Gasteiger partial charge in [-0.25, -0.2) is 0 Å². The molecular formula is C12H12NPSi. The van der Waals surface area contributed by atoms with Gasteiger partial charge < -0.3 is 4.98 Å². The molecule has 0 amide bonds. The van der Waals surface area contributed by atoms with E-state index in [9.17, 15) is 0 Å². The number of benzene rings is 2. The Morgan fingerprint density at radius 1 is 0.800 bits per heavy atom. The van der Waals surface area contributed by atoms with Gasteiger partial charge >= 0.3 is 0 Å². The summed E-state index contributed by atoms with van der Waals surface area (Å²) in [5.41, 5.74) is 1.21. The average molecular weight is 229 g/mol. The summed E-state index contributed by atoms with van der Waals surface area (Å²) in [6.07, 6.45) is 0. The predicted octanol–water partition coefficient (Wildman–Crippen LogP) is 2.64. The molecule has 1 atom stereocenters. The van der Waals surface area contributed by atoms with E-state index in [-0.39, 0.29) is 0 Å². The second-order valence-electron chi connectivity index (χ2n) is 3.11. The van der Waals surface area contributed by atoms with Crippen LogP contribution < -0.4 is 10.3 Å². The highest BCUT2D eigenvalue weighted by atomic mass is 31.3. The zero-order chi connectivity index (χ0) is 10.3. The number of anilines is 1. The molecule has 1 unspecified atom stereocenters. The Balaban J connectivity index is 1.81. The second kappa shape index (κ2) is 5.69. The van der Waals surface area contributed by atoms with Crippen molar-refractivity contribution in [1.29, 1.82) is 0 Å². The van der Waals surface area contributed by atoms with Crippen molar-refractivity contribution in [2.45, 2.75) is 0 Å². The van der Waals surface area contributed by atoms with E-state index in [1.54, 1.807) is 0 Å². The number of para-hydroxylation sites is 1. The molecule has 0 fully saturated rings. The molecule has 2 aromatic rings. The molecule has 2 rings (SSSR count). The highest BCUT2D eigenvalue weighted by molar-refractivity contribution is 7.77. The van der Waals surface area contributed by atoms with E-state index in [0.29, 0.717) is 0 Å². The summed E-state index contributed by atoms with van der Waals surface area (Å²) in [7, 11) is 1.61. The van der Waals surface area contributed by atoms with E-state index in [1.807, 2.05) is 6.07 Å². The van der Waals surface area contributed by atoms with Crippen LogP contribution in [0.4, 0.5) is 5.69 Å². The Bertz CT molecular complexity index is 351. The summed E-state index contributed by atoms with van der Waals surface area (Å²) in [4.78, 5) is 3.43. The van der Waals surface area contributed by atoms with Crippen molar-refractivity contribution in [3.8, 4) is 0 Å². The van der Waals surface area contributed by atoms with Crippen LogP contribution in [0.25, 0.3) is 0 Å². The molecule has 0 aliphatic rings. The van der Waals surface area contributed by atoms with Crippen LogP contribution in [0.1, 0.15) is 0 Å². The first-order valence-corrected chi connectivity index (χ1v) is 7.82. The Morgan fingerprint density at radius 3 is 2.07 bits per heavy atom. The highest BCUT2D eigenvalue weighted by Gasteiger charge is 1.93. The van der Waals surface area contributed by atoms with Crippen molar-refractivity contribution in [3.63, 3.8) is 0 Å². The average Bonchev–Trinajstić information content (AvgIpc) is 2.32. The van der Waals surface area contributed by atoms with E-state index >= 15 is 0 Å². The number of hydrogen-bond donors (Lipinski definition) is 1. The van der Waals surface area contributed by atoms with Crippen LogP contribution in [0.15, 0.2) is 60.7 Å². The van der Waals surface area contributed by atoms with Gasteiger partial charge in [0.1, 0.15) is 0 Å². The van der Waals surface area contributed by atoms with E-state index < -0.39 is 0 Å². The molecule has 0 saturated carbocycles. The fraction of sp³-hybridized carbons (Fsp3) is 0. The molecule has 0 saturated heterocycles. The van der Waals surface area contributed by atoms with Crippen molar-refractivity contribution in [2.75, 3.05) is 4.98 Å². The summed E-state index contributed by atoms with van der Waals surface area (Å²) < 4.78 is 0. The monoisotopic (exact) mass is 229 g/mol. The number of hydrogen-bond acceptors (Lipinski definition) is 1. The quantitative estimate of drug-likeness (QED) is 0.628. The SMILES string of the molecule is c1ccc(N[Si]Pc2ccccc2)cc1. The summed E-state index contributed by atoms with van der Waals surface area (Å²) in [6.45, 7) is 0. The van der Waals surface area contributed by atoms with Crippen molar-refractivity contribution < 1.29 is 0 Å². The van der Waals surface area contributed by atoms with Gasteiger partial charge in [0, 0.05) is 5.69 Å². The minimum Gasteiger partial charge on any atom is -0.408 e. The molecule has 0 aliphatic heterocycles. The molecule has 1 nitrogen and oxygen atoms in total. The first-order valence-electron chi connectivity index (χ1n) is 4.82. The van der Waals surface area contributed by atoms with Crippen molar-refractivity contribution in [2.24, 2.45) is 0 Å². The van der Waals surface area contributed by atoms with Crippen LogP contribution >= 0.6 is 8.13 Å². The second-order valence-corrected chi connectivity index (χ2v) is 5.93. The van der Waals surface area contributed by atoms with E-state index in [1.165, 1.54) is 11.0 Å². The van der Waals surface area contributed by atoms with Gasteiger partial charge in [0.2, 0.25) is 9.35 Å². The molecule has 2 aromatic carbocycles. The lowest BCUT2D eigenvalue weighted by Gasteiger charge is -2.04. The molecule has 74 valence electrons. The third-order valence-corrected chi connectivity index (χ3v) is 4.74. The lowest BCUT2D eigenvalue weighted by molar-refractivity contribution is 1.68. The lowest BCUT2D eigenvalue weighted by atomic mass is 10.3. The molecule has 0 aliphatic carbocycles. The summed E-state index contributed by atoms with van der Waals surface area (Å²) in [5, 5.41) is 1.42. The molecule has 0 bridgehead atoms. The molecule has 3 heteroatoms. The first-order chi connectivity index (χ1) is 7.45. The zero-order valence-electron chi connectivity index (χ0n) is 8.27. The van der Waals surface area contributed by atoms with Crippen molar-refractivity contribution in [3.05, 3.63) is 60.7 Å². The van der Waals surface area contributed by atoms with Crippen LogP contribution in [0.2, 0.25) is 0 Å². The first kappa shape index (κ1) is 10.4. The Hall–Kier alpha value is -1.11. The zero-order valence-corrected chi connectivity index (χ0v) is 10.3. The van der Waals surface area contributed by atoms with Crippen LogP contribution in [0.5, 0.6) is 0 Å². The molecule has 0 heterocycles. The van der Waals surface area contributed by atoms with E-state index in [4.69, 9.17) is 0 Å². The smallest absolute Gasteiger partial charge is 0.215 e. The maximum absolute atomic E-state index is 3.43. The molecule has 2 radical (unpaired) electrons. The summed E-state index contributed by atoms with van der Waals surface area (Å²) in [6, 6.07) is 20.9. The van der Waals surface area contributed by atoms with E-state index in [2.05, 4.69) is 59.6 Å².